The molecule has 0 bridgehead atoms. The van der Waals surface area contributed by atoms with Crippen molar-refractivity contribution < 1.29 is 18.0 Å². The van der Waals surface area contributed by atoms with E-state index in [-0.39, 0.29) is 12.1 Å². The third-order valence-corrected chi connectivity index (χ3v) is 2.70. The number of hydrogen-bond donors (Lipinski definition) is 1. The fourth-order valence-corrected chi connectivity index (χ4v) is 1.71. The maximum absolute atomic E-state index is 12.6. The van der Waals surface area contributed by atoms with Gasteiger partial charge in [-0.15, -0.1) is 0 Å². The quantitative estimate of drug-likeness (QED) is 0.930. The lowest BCUT2D eigenvalue weighted by atomic mass is 10.1. The molecule has 2 N–H and O–H groups in total. The summed E-state index contributed by atoms with van der Waals surface area (Å²) < 4.78 is 38.4. The van der Waals surface area contributed by atoms with Gasteiger partial charge >= 0.3 is 6.18 Å². The molecule has 0 saturated heterocycles. The molecule has 2 rings (SSSR count). The molecule has 0 unspecified atom stereocenters. The van der Waals surface area contributed by atoms with Crippen molar-refractivity contribution in [1.29, 1.82) is 0 Å². The van der Waals surface area contributed by atoms with Gasteiger partial charge in [0.05, 0.1) is 6.54 Å². The average molecular weight is 297 g/mol. The van der Waals surface area contributed by atoms with Crippen molar-refractivity contribution >= 4 is 5.91 Å². The van der Waals surface area contributed by atoms with Crippen LogP contribution in [0.5, 0.6) is 0 Å². The lowest BCUT2D eigenvalue weighted by molar-refractivity contribution is -0.142. The fraction of sp³-hybridized carbons (Fsp3) is 0.154. The van der Waals surface area contributed by atoms with Gasteiger partial charge in [-0.25, -0.2) is 4.68 Å². The van der Waals surface area contributed by atoms with Crippen molar-refractivity contribution in [1.82, 2.24) is 9.78 Å². The van der Waals surface area contributed by atoms with E-state index in [1.165, 1.54) is 18.2 Å². The van der Waals surface area contributed by atoms with Crippen LogP contribution in [0.2, 0.25) is 0 Å². The van der Waals surface area contributed by atoms with Crippen molar-refractivity contribution in [2.24, 2.45) is 5.73 Å². The number of nitrogens with zero attached hydrogens (tertiary/aromatic N) is 2. The zero-order chi connectivity index (χ0) is 15.6. The Bertz CT molecular complexity index is 738. The van der Waals surface area contributed by atoms with Crippen molar-refractivity contribution in [2.75, 3.05) is 0 Å². The van der Waals surface area contributed by atoms with Gasteiger partial charge in [-0.2, -0.15) is 18.3 Å². The Labute approximate surface area is 116 Å². The number of amides is 1. The average Bonchev–Trinajstić information content (AvgIpc) is 2.40. The van der Waals surface area contributed by atoms with E-state index in [1.54, 1.807) is 6.07 Å². The van der Waals surface area contributed by atoms with Crippen LogP contribution < -0.4 is 11.3 Å². The van der Waals surface area contributed by atoms with E-state index in [9.17, 15) is 22.8 Å². The zero-order valence-corrected chi connectivity index (χ0v) is 10.6. The summed E-state index contributed by atoms with van der Waals surface area (Å²) in [6, 6.07) is 7.37. The lowest BCUT2D eigenvalue weighted by Gasteiger charge is -2.09. The van der Waals surface area contributed by atoms with E-state index < -0.39 is 23.3 Å². The first-order valence-electron chi connectivity index (χ1n) is 5.81. The highest BCUT2D eigenvalue weighted by Gasteiger charge is 2.33. The number of nitrogens with two attached hydrogens (primary N) is 1. The van der Waals surface area contributed by atoms with Gasteiger partial charge in [0.15, 0.2) is 5.69 Å². The van der Waals surface area contributed by atoms with E-state index in [1.807, 2.05) is 0 Å². The second-order valence-electron chi connectivity index (χ2n) is 4.28. The summed E-state index contributed by atoms with van der Waals surface area (Å²) in [6.07, 6.45) is -4.63. The number of aromatic nitrogens is 2. The number of alkyl halides is 3. The summed E-state index contributed by atoms with van der Waals surface area (Å²) >= 11 is 0. The van der Waals surface area contributed by atoms with Gasteiger partial charge in [-0.1, -0.05) is 12.1 Å². The van der Waals surface area contributed by atoms with E-state index in [4.69, 9.17) is 5.73 Å². The van der Waals surface area contributed by atoms with Crippen LogP contribution in [0.1, 0.15) is 21.6 Å². The number of primary amides is 1. The third-order valence-electron chi connectivity index (χ3n) is 2.70. The molecule has 1 aromatic heterocycles. The van der Waals surface area contributed by atoms with E-state index in [2.05, 4.69) is 5.10 Å². The molecule has 0 fully saturated rings. The van der Waals surface area contributed by atoms with Crippen LogP contribution in [0.15, 0.2) is 41.2 Å². The standard InChI is InChI=1S/C13H10F3N3O2/c14-13(15,16)10-4-5-11(20)19(18-10)7-8-2-1-3-9(6-8)12(17)21/h1-6H,7H2,(H2,17,21). The molecule has 0 aliphatic heterocycles. The molecule has 110 valence electrons. The SMILES string of the molecule is NC(=O)c1cccc(Cn2nc(C(F)(F)F)ccc2=O)c1. The molecular formula is C13H10F3N3O2. The highest BCUT2D eigenvalue weighted by Crippen LogP contribution is 2.26. The molecule has 0 aliphatic carbocycles. The van der Waals surface area contributed by atoms with Crippen molar-refractivity contribution in [3.05, 3.63) is 63.6 Å². The van der Waals surface area contributed by atoms with Crippen molar-refractivity contribution in [3.63, 3.8) is 0 Å². The fourth-order valence-electron chi connectivity index (χ4n) is 1.71. The first-order valence-corrected chi connectivity index (χ1v) is 5.81. The number of benzene rings is 1. The summed E-state index contributed by atoms with van der Waals surface area (Å²) in [6.45, 7) is -0.191. The highest BCUT2D eigenvalue weighted by molar-refractivity contribution is 5.92. The predicted molar refractivity (Wildman–Crippen MR) is 67.6 cm³/mol. The van der Waals surface area contributed by atoms with Crippen LogP contribution in [0.25, 0.3) is 0 Å². The Morgan fingerprint density at radius 3 is 2.57 bits per heavy atom. The number of rotatable bonds is 3. The van der Waals surface area contributed by atoms with Crippen LogP contribution in [0.4, 0.5) is 13.2 Å². The van der Waals surface area contributed by atoms with Gasteiger partial charge in [0.2, 0.25) is 5.91 Å². The summed E-state index contributed by atoms with van der Waals surface area (Å²) in [5, 5.41) is 3.28. The minimum absolute atomic E-state index is 0.191. The Morgan fingerprint density at radius 2 is 1.95 bits per heavy atom. The molecule has 0 aliphatic rings. The van der Waals surface area contributed by atoms with Crippen LogP contribution in [0, 0.1) is 0 Å². The van der Waals surface area contributed by atoms with Crippen LogP contribution in [0.3, 0.4) is 0 Å². The molecule has 5 nitrogen and oxygen atoms in total. The second-order valence-corrected chi connectivity index (χ2v) is 4.28. The van der Waals surface area contributed by atoms with Gasteiger partial charge in [0.25, 0.3) is 5.56 Å². The Hall–Kier alpha value is -2.64. The number of hydrogen-bond acceptors (Lipinski definition) is 3. The Morgan fingerprint density at radius 1 is 1.24 bits per heavy atom. The lowest BCUT2D eigenvalue weighted by Crippen LogP contribution is -2.26. The van der Waals surface area contributed by atoms with Crippen molar-refractivity contribution in [2.45, 2.75) is 12.7 Å². The molecular weight excluding hydrogens is 287 g/mol. The summed E-state index contributed by atoms with van der Waals surface area (Å²) in [5.41, 5.74) is 3.93. The van der Waals surface area contributed by atoms with Crippen LogP contribution in [-0.2, 0) is 12.7 Å². The van der Waals surface area contributed by atoms with E-state index >= 15 is 0 Å². The molecule has 1 heterocycles. The predicted octanol–water partition coefficient (Wildman–Crippen LogP) is 1.41. The Kier molecular flexibility index (Phi) is 3.79. The monoisotopic (exact) mass is 297 g/mol. The normalized spacial score (nSPS) is 11.4. The van der Waals surface area contributed by atoms with Crippen LogP contribution >= 0.6 is 0 Å². The number of carbonyl (C=O) groups is 1. The Balaban J connectivity index is 2.37. The molecule has 0 saturated carbocycles. The maximum atomic E-state index is 12.6. The van der Waals surface area contributed by atoms with Crippen molar-refractivity contribution in [3.8, 4) is 0 Å². The topological polar surface area (TPSA) is 78.0 Å². The van der Waals surface area contributed by atoms with E-state index in [0.29, 0.717) is 16.3 Å². The second kappa shape index (κ2) is 5.39. The first-order chi connectivity index (χ1) is 9.77. The zero-order valence-electron chi connectivity index (χ0n) is 10.6. The van der Waals surface area contributed by atoms with Gasteiger partial charge in [0.1, 0.15) is 0 Å². The highest BCUT2D eigenvalue weighted by atomic mass is 19.4. The van der Waals surface area contributed by atoms with Gasteiger partial charge in [-0.05, 0) is 23.8 Å². The molecule has 0 atom stereocenters. The molecule has 0 spiro atoms. The molecule has 8 heteroatoms. The maximum Gasteiger partial charge on any atom is 0.435 e. The smallest absolute Gasteiger partial charge is 0.366 e. The summed E-state index contributed by atoms with van der Waals surface area (Å²) in [4.78, 5) is 22.6. The number of halogens is 3. The largest absolute Gasteiger partial charge is 0.435 e. The van der Waals surface area contributed by atoms with Crippen LogP contribution in [-0.4, -0.2) is 15.7 Å². The van der Waals surface area contributed by atoms with Gasteiger partial charge in [-0.3, -0.25) is 9.59 Å². The van der Waals surface area contributed by atoms with Gasteiger partial charge in [0, 0.05) is 11.6 Å². The molecule has 2 aromatic rings. The molecule has 1 amide bonds. The summed E-state index contributed by atoms with van der Waals surface area (Å²) in [7, 11) is 0. The number of carbonyl (C=O) groups excluding carboxylic acids is 1. The van der Waals surface area contributed by atoms with Gasteiger partial charge < -0.3 is 5.73 Å². The first kappa shape index (κ1) is 14.8. The van der Waals surface area contributed by atoms with E-state index in [0.717, 1.165) is 6.07 Å². The minimum atomic E-state index is -4.63. The molecule has 0 radical (unpaired) electrons. The summed E-state index contributed by atoms with van der Waals surface area (Å²) in [5.74, 6) is -0.666. The third kappa shape index (κ3) is 3.47. The molecule has 21 heavy (non-hydrogen) atoms. The minimum Gasteiger partial charge on any atom is -0.366 e. The molecule has 1 aromatic carbocycles.